The molecule has 0 amide bonds. The first-order valence-corrected chi connectivity index (χ1v) is 6.63. The molecular formula is C13H19N5O. The number of anilines is 1. The number of aryl methyl sites for hydroxylation is 1. The second kappa shape index (κ2) is 5.14. The van der Waals surface area contributed by atoms with Crippen LogP contribution in [0.2, 0.25) is 0 Å². The fraction of sp³-hybridized carbons (Fsp3) is 0.538. The molecule has 0 spiro atoms. The predicted molar refractivity (Wildman–Crippen MR) is 73.9 cm³/mol. The lowest BCUT2D eigenvalue weighted by molar-refractivity contribution is 0.0366. The second-order valence-electron chi connectivity index (χ2n) is 4.88. The number of ether oxygens (including phenoxy) is 1. The van der Waals surface area contributed by atoms with Crippen molar-refractivity contribution in [1.29, 1.82) is 0 Å². The zero-order valence-electron chi connectivity index (χ0n) is 11.2. The van der Waals surface area contributed by atoms with Crippen molar-refractivity contribution in [1.82, 2.24) is 19.4 Å². The van der Waals surface area contributed by atoms with E-state index in [2.05, 4.69) is 14.9 Å². The highest BCUT2D eigenvalue weighted by Crippen LogP contribution is 2.18. The molecule has 6 nitrogen and oxygen atoms in total. The molecule has 0 radical (unpaired) electrons. The van der Waals surface area contributed by atoms with Crippen LogP contribution in [-0.4, -0.2) is 52.3 Å². The highest BCUT2D eigenvalue weighted by atomic mass is 16.5. The molecule has 0 bridgehead atoms. The smallest absolute Gasteiger partial charge is 0.202 e. The van der Waals surface area contributed by atoms with Gasteiger partial charge >= 0.3 is 0 Å². The molecule has 1 aliphatic rings. The molecular weight excluding hydrogens is 242 g/mol. The summed E-state index contributed by atoms with van der Waals surface area (Å²) in [7, 11) is 0. The van der Waals surface area contributed by atoms with Gasteiger partial charge in [-0.1, -0.05) is 0 Å². The molecule has 102 valence electrons. The number of nitrogens with two attached hydrogens (primary N) is 1. The number of rotatable bonds is 3. The number of nitrogen functional groups attached to an aromatic ring is 1. The van der Waals surface area contributed by atoms with E-state index in [-0.39, 0.29) is 0 Å². The van der Waals surface area contributed by atoms with Gasteiger partial charge in [-0.05, 0) is 18.6 Å². The number of aromatic nitrogens is 3. The molecule has 2 N–H and O–H groups in total. The van der Waals surface area contributed by atoms with Gasteiger partial charge in [0.25, 0.3) is 0 Å². The molecule has 2 aromatic rings. The fourth-order valence-corrected chi connectivity index (χ4v) is 2.44. The van der Waals surface area contributed by atoms with Crippen LogP contribution >= 0.6 is 0 Å². The van der Waals surface area contributed by atoms with Crippen LogP contribution in [0.3, 0.4) is 0 Å². The summed E-state index contributed by atoms with van der Waals surface area (Å²) in [5.41, 5.74) is 8.90. The number of imidazole rings is 1. The van der Waals surface area contributed by atoms with Crippen molar-refractivity contribution < 1.29 is 4.74 Å². The third-order valence-corrected chi connectivity index (χ3v) is 3.61. The standard InChI is InChI=1S/C13H19N5O/c1-10-2-3-15-12-11(10)16-13(14)18(12)5-4-17-6-8-19-9-7-17/h2-3H,4-9H2,1H3,(H2,14,16). The highest BCUT2D eigenvalue weighted by molar-refractivity contribution is 5.77. The van der Waals surface area contributed by atoms with Gasteiger partial charge in [-0.3, -0.25) is 9.47 Å². The van der Waals surface area contributed by atoms with Gasteiger partial charge in [-0.2, -0.15) is 0 Å². The number of hydrogen-bond donors (Lipinski definition) is 1. The highest BCUT2D eigenvalue weighted by Gasteiger charge is 2.14. The first-order valence-electron chi connectivity index (χ1n) is 6.63. The number of nitrogens with zero attached hydrogens (tertiary/aromatic N) is 4. The average Bonchev–Trinajstić information content (AvgIpc) is 2.75. The quantitative estimate of drug-likeness (QED) is 0.878. The predicted octanol–water partition coefficient (Wildman–Crippen LogP) is 0.654. The Morgan fingerprint density at radius 2 is 2.11 bits per heavy atom. The Morgan fingerprint density at radius 3 is 2.89 bits per heavy atom. The van der Waals surface area contributed by atoms with E-state index in [1.165, 1.54) is 0 Å². The van der Waals surface area contributed by atoms with E-state index in [4.69, 9.17) is 10.5 Å². The molecule has 0 unspecified atom stereocenters. The first kappa shape index (κ1) is 12.4. The minimum absolute atomic E-state index is 0.546. The molecule has 1 fully saturated rings. The Hall–Kier alpha value is -1.66. The Balaban J connectivity index is 1.80. The molecule has 1 aliphatic heterocycles. The van der Waals surface area contributed by atoms with E-state index >= 15 is 0 Å². The normalized spacial score (nSPS) is 17.1. The number of fused-ring (bicyclic) bond motifs is 1. The topological polar surface area (TPSA) is 69.2 Å². The lowest BCUT2D eigenvalue weighted by atomic mass is 10.3. The summed E-state index contributed by atoms with van der Waals surface area (Å²) in [4.78, 5) is 11.2. The van der Waals surface area contributed by atoms with Crippen molar-refractivity contribution in [2.24, 2.45) is 0 Å². The van der Waals surface area contributed by atoms with Gasteiger partial charge in [0.05, 0.1) is 13.2 Å². The fourth-order valence-electron chi connectivity index (χ4n) is 2.44. The third kappa shape index (κ3) is 2.41. The molecule has 3 heterocycles. The van der Waals surface area contributed by atoms with Crippen molar-refractivity contribution in [2.75, 3.05) is 38.6 Å². The Kier molecular flexibility index (Phi) is 3.35. The SMILES string of the molecule is Cc1ccnc2c1nc(N)n2CCN1CCOCC1. The Bertz CT molecular complexity index is 574. The maximum atomic E-state index is 6.01. The molecule has 0 atom stereocenters. The molecule has 0 aromatic carbocycles. The van der Waals surface area contributed by atoms with Crippen LogP contribution in [0.1, 0.15) is 5.56 Å². The maximum absolute atomic E-state index is 6.01. The molecule has 1 saturated heterocycles. The molecule has 0 aliphatic carbocycles. The summed E-state index contributed by atoms with van der Waals surface area (Å²) in [5.74, 6) is 0.546. The monoisotopic (exact) mass is 261 g/mol. The van der Waals surface area contributed by atoms with E-state index in [0.717, 1.165) is 56.1 Å². The van der Waals surface area contributed by atoms with Crippen LogP contribution in [0.15, 0.2) is 12.3 Å². The molecule has 0 saturated carbocycles. The summed E-state index contributed by atoms with van der Waals surface area (Å²) in [5, 5.41) is 0. The molecule has 2 aromatic heterocycles. The van der Waals surface area contributed by atoms with Crippen molar-refractivity contribution in [3.63, 3.8) is 0 Å². The lowest BCUT2D eigenvalue weighted by Gasteiger charge is -2.26. The minimum atomic E-state index is 0.546. The van der Waals surface area contributed by atoms with Crippen LogP contribution in [0.5, 0.6) is 0 Å². The van der Waals surface area contributed by atoms with Crippen LogP contribution < -0.4 is 5.73 Å². The van der Waals surface area contributed by atoms with Crippen LogP contribution in [-0.2, 0) is 11.3 Å². The summed E-state index contributed by atoms with van der Waals surface area (Å²) in [6, 6.07) is 1.96. The summed E-state index contributed by atoms with van der Waals surface area (Å²) < 4.78 is 7.35. The molecule has 6 heteroatoms. The van der Waals surface area contributed by atoms with Gasteiger partial charge in [0.1, 0.15) is 5.52 Å². The number of morpholine rings is 1. The largest absolute Gasteiger partial charge is 0.379 e. The maximum Gasteiger partial charge on any atom is 0.202 e. The van der Waals surface area contributed by atoms with Crippen molar-refractivity contribution in [3.05, 3.63) is 17.8 Å². The van der Waals surface area contributed by atoms with E-state index < -0.39 is 0 Å². The van der Waals surface area contributed by atoms with Crippen LogP contribution in [0, 0.1) is 6.92 Å². The van der Waals surface area contributed by atoms with Gasteiger partial charge in [0.2, 0.25) is 5.95 Å². The summed E-state index contributed by atoms with van der Waals surface area (Å²) in [6.45, 7) is 7.41. The van der Waals surface area contributed by atoms with E-state index in [9.17, 15) is 0 Å². The summed E-state index contributed by atoms with van der Waals surface area (Å²) in [6.07, 6.45) is 1.81. The first-order chi connectivity index (χ1) is 9.25. The Morgan fingerprint density at radius 1 is 1.32 bits per heavy atom. The lowest BCUT2D eigenvalue weighted by Crippen LogP contribution is -2.38. The van der Waals surface area contributed by atoms with Crippen LogP contribution in [0.4, 0.5) is 5.95 Å². The minimum Gasteiger partial charge on any atom is -0.379 e. The third-order valence-electron chi connectivity index (χ3n) is 3.61. The van der Waals surface area contributed by atoms with E-state index in [1.807, 2.05) is 23.8 Å². The summed E-state index contributed by atoms with van der Waals surface area (Å²) >= 11 is 0. The molecule has 19 heavy (non-hydrogen) atoms. The second-order valence-corrected chi connectivity index (χ2v) is 4.88. The Labute approximate surface area is 112 Å². The van der Waals surface area contributed by atoms with Crippen molar-refractivity contribution in [3.8, 4) is 0 Å². The van der Waals surface area contributed by atoms with E-state index in [1.54, 1.807) is 0 Å². The number of hydrogen-bond acceptors (Lipinski definition) is 5. The van der Waals surface area contributed by atoms with Crippen molar-refractivity contribution in [2.45, 2.75) is 13.5 Å². The van der Waals surface area contributed by atoms with Gasteiger partial charge in [0, 0.05) is 32.4 Å². The van der Waals surface area contributed by atoms with Crippen LogP contribution in [0.25, 0.3) is 11.2 Å². The van der Waals surface area contributed by atoms with E-state index in [0.29, 0.717) is 5.95 Å². The van der Waals surface area contributed by atoms with Gasteiger partial charge in [-0.15, -0.1) is 0 Å². The van der Waals surface area contributed by atoms with Gasteiger partial charge in [0.15, 0.2) is 5.65 Å². The molecule has 3 rings (SSSR count). The zero-order chi connectivity index (χ0) is 13.2. The zero-order valence-corrected chi connectivity index (χ0v) is 11.2. The van der Waals surface area contributed by atoms with Gasteiger partial charge in [-0.25, -0.2) is 9.97 Å². The van der Waals surface area contributed by atoms with Crippen molar-refractivity contribution >= 4 is 17.1 Å². The average molecular weight is 261 g/mol. The van der Waals surface area contributed by atoms with Gasteiger partial charge < -0.3 is 10.5 Å². The number of pyridine rings is 1.